The molecule has 2 heteroatoms. The number of carbonyl (C=O) groups is 1. The largest absolute Gasteiger partial charge is 0.455 e. The molecule has 0 aliphatic rings. The van der Waals surface area contributed by atoms with Crippen molar-refractivity contribution in [2.24, 2.45) is 0 Å². The second-order valence-corrected chi connectivity index (χ2v) is 5.25. The molecule has 1 heterocycles. The maximum Gasteiger partial charge on any atom is 0.153 e. The van der Waals surface area contributed by atoms with Crippen LogP contribution in [0.3, 0.4) is 0 Å². The van der Waals surface area contributed by atoms with E-state index in [0.717, 1.165) is 17.4 Å². The number of aryl methyl sites for hydroxylation is 2. The summed E-state index contributed by atoms with van der Waals surface area (Å²) in [6.45, 7) is 4.07. The van der Waals surface area contributed by atoms with Crippen molar-refractivity contribution in [3.05, 3.63) is 71.3 Å². The number of hydrogen-bond acceptors (Lipinski definition) is 2. The summed E-state index contributed by atoms with van der Waals surface area (Å²) in [6, 6.07) is 17.8. The Balaban J connectivity index is 2.08. The Hall–Kier alpha value is -2.61. The SMILES string of the molecule is Cc1ccc(-c2cc(C=O)c(-c3ccc(C)cc3)o2)cc1. The average Bonchev–Trinajstić information content (AvgIpc) is 2.93. The first-order valence-electron chi connectivity index (χ1n) is 6.90. The Morgan fingerprint density at radius 2 is 1.33 bits per heavy atom. The van der Waals surface area contributed by atoms with Gasteiger partial charge in [-0.15, -0.1) is 0 Å². The molecule has 0 aliphatic heterocycles. The van der Waals surface area contributed by atoms with E-state index in [1.807, 2.05) is 62.4 Å². The van der Waals surface area contributed by atoms with Crippen LogP contribution in [0, 0.1) is 13.8 Å². The summed E-state index contributed by atoms with van der Waals surface area (Å²) in [7, 11) is 0. The summed E-state index contributed by atoms with van der Waals surface area (Å²) in [6.07, 6.45) is 0.844. The molecule has 3 aromatic rings. The van der Waals surface area contributed by atoms with Gasteiger partial charge in [0.2, 0.25) is 0 Å². The Kier molecular flexibility index (Phi) is 3.44. The fraction of sp³-hybridized carbons (Fsp3) is 0.105. The molecule has 3 rings (SSSR count). The van der Waals surface area contributed by atoms with Crippen molar-refractivity contribution in [1.29, 1.82) is 0 Å². The van der Waals surface area contributed by atoms with Crippen LogP contribution in [0.4, 0.5) is 0 Å². The van der Waals surface area contributed by atoms with Crippen LogP contribution in [0.15, 0.2) is 59.0 Å². The zero-order valence-corrected chi connectivity index (χ0v) is 12.1. The van der Waals surface area contributed by atoms with Gasteiger partial charge >= 0.3 is 0 Å². The molecule has 1 aromatic heterocycles. The molecule has 0 saturated heterocycles. The van der Waals surface area contributed by atoms with Crippen LogP contribution in [-0.2, 0) is 0 Å². The molecular weight excluding hydrogens is 260 g/mol. The number of furan rings is 1. The molecule has 0 unspecified atom stereocenters. The lowest BCUT2D eigenvalue weighted by atomic mass is 10.1. The fourth-order valence-corrected chi connectivity index (χ4v) is 2.28. The third kappa shape index (κ3) is 2.65. The van der Waals surface area contributed by atoms with E-state index in [-0.39, 0.29) is 0 Å². The van der Waals surface area contributed by atoms with Crippen LogP contribution in [-0.4, -0.2) is 6.29 Å². The number of aldehydes is 1. The summed E-state index contributed by atoms with van der Waals surface area (Å²) in [4.78, 5) is 11.3. The molecular formula is C19H16O2. The molecule has 0 saturated carbocycles. The lowest BCUT2D eigenvalue weighted by Crippen LogP contribution is -1.81. The molecule has 0 atom stereocenters. The van der Waals surface area contributed by atoms with Crippen LogP contribution in [0.25, 0.3) is 22.6 Å². The van der Waals surface area contributed by atoms with Crippen LogP contribution in [0.1, 0.15) is 21.5 Å². The van der Waals surface area contributed by atoms with Gasteiger partial charge in [0.05, 0.1) is 5.56 Å². The van der Waals surface area contributed by atoms with Gasteiger partial charge in [-0.25, -0.2) is 0 Å². The van der Waals surface area contributed by atoms with Crippen molar-refractivity contribution < 1.29 is 9.21 Å². The highest BCUT2D eigenvalue weighted by Crippen LogP contribution is 2.32. The third-order valence-electron chi connectivity index (χ3n) is 3.54. The monoisotopic (exact) mass is 276 g/mol. The van der Waals surface area contributed by atoms with E-state index in [1.54, 1.807) is 6.07 Å². The van der Waals surface area contributed by atoms with Crippen molar-refractivity contribution in [3.8, 4) is 22.6 Å². The first kappa shape index (κ1) is 13.4. The van der Waals surface area contributed by atoms with E-state index >= 15 is 0 Å². The Labute approximate surface area is 124 Å². The number of benzene rings is 2. The zero-order chi connectivity index (χ0) is 14.8. The van der Waals surface area contributed by atoms with E-state index in [2.05, 4.69) is 0 Å². The zero-order valence-electron chi connectivity index (χ0n) is 12.1. The first-order chi connectivity index (χ1) is 10.2. The van der Waals surface area contributed by atoms with Gasteiger partial charge in [-0.3, -0.25) is 4.79 Å². The van der Waals surface area contributed by atoms with Crippen LogP contribution in [0.5, 0.6) is 0 Å². The Morgan fingerprint density at radius 1 is 0.810 bits per heavy atom. The van der Waals surface area contributed by atoms with E-state index in [1.165, 1.54) is 11.1 Å². The van der Waals surface area contributed by atoms with E-state index in [0.29, 0.717) is 17.1 Å². The number of hydrogen-bond donors (Lipinski definition) is 0. The van der Waals surface area contributed by atoms with E-state index in [9.17, 15) is 4.79 Å². The number of rotatable bonds is 3. The van der Waals surface area contributed by atoms with Crippen molar-refractivity contribution in [3.63, 3.8) is 0 Å². The molecule has 21 heavy (non-hydrogen) atoms. The minimum atomic E-state index is 0.578. The van der Waals surface area contributed by atoms with Gasteiger partial charge in [-0.1, -0.05) is 59.7 Å². The minimum Gasteiger partial charge on any atom is -0.455 e. The quantitative estimate of drug-likeness (QED) is 0.627. The second-order valence-electron chi connectivity index (χ2n) is 5.25. The summed E-state index contributed by atoms with van der Waals surface area (Å²) in [5, 5.41) is 0. The topological polar surface area (TPSA) is 30.2 Å². The predicted octanol–water partition coefficient (Wildman–Crippen LogP) is 5.04. The molecule has 0 radical (unpaired) electrons. The molecule has 0 fully saturated rings. The van der Waals surface area contributed by atoms with Gasteiger partial charge in [-0.05, 0) is 19.9 Å². The number of carbonyl (C=O) groups excluding carboxylic acids is 1. The molecule has 0 amide bonds. The predicted molar refractivity (Wildman–Crippen MR) is 84.4 cm³/mol. The van der Waals surface area contributed by atoms with Crippen molar-refractivity contribution in [2.45, 2.75) is 13.8 Å². The highest BCUT2D eigenvalue weighted by Gasteiger charge is 2.13. The molecule has 0 aliphatic carbocycles. The smallest absolute Gasteiger partial charge is 0.153 e. The maximum absolute atomic E-state index is 11.3. The van der Waals surface area contributed by atoms with Crippen molar-refractivity contribution in [1.82, 2.24) is 0 Å². The van der Waals surface area contributed by atoms with Crippen molar-refractivity contribution in [2.75, 3.05) is 0 Å². The van der Waals surface area contributed by atoms with E-state index < -0.39 is 0 Å². The van der Waals surface area contributed by atoms with Gasteiger partial charge in [0, 0.05) is 11.1 Å². The Morgan fingerprint density at radius 3 is 1.86 bits per heavy atom. The fourth-order valence-electron chi connectivity index (χ4n) is 2.28. The summed E-state index contributed by atoms with van der Waals surface area (Å²) in [5.41, 5.74) is 4.84. The molecule has 2 aromatic carbocycles. The highest BCUT2D eigenvalue weighted by atomic mass is 16.3. The first-order valence-corrected chi connectivity index (χ1v) is 6.90. The maximum atomic E-state index is 11.3. The second kappa shape index (κ2) is 5.41. The highest BCUT2D eigenvalue weighted by molar-refractivity contribution is 5.87. The molecule has 0 bridgehead atoms. The summed E-state index contributed by atoms with van der Waals surface area (Å²) >= 11 is 0. The van der Waals surface area contributed by atoms with Crippen molar-refractivity contribution >= 4 is 6.29 Å². The van der Waals surface area contributed by atoms with Gasteiger partial charge < -0.3 is 4.42 Å². The summed E-state index contributed by atoms with van der Waals surface area (Å²) in [5.74, 6) is 1.34. The van der Waals surface area contributed by atoms with Crippen LogP contribution >= 0.6 is 0 Å². The standard InChI is InChI=1S/C19H16O2/c1-13-3-7-15(8-4-13)18-11-17(12-20)19(21-18)16-9-5-14(2)6-10-16/h3-12H,1-2H3. The minimum absolute atomic E-state index is 0.578. The molecule has 0 N–H and O–H groups in total. The van der Waals surface area contributed by atoms with Crippen LogP contribution in [0.2, 0.25) is 0 Å². The van der Waals surface area contributed by atoms with Crippen LogP contribution < -0.4 is 0 Å². The van der Waals surface area contributed by atoms with Gasteiger partial charge in [-0.2, -0.15) is 0 Å². The lowest BCUT2D eigenvalue weighted by molar-refractivity contribution is 0.112. The summed E-state index contributed by atoms with van der Waals surface area (Å²) < 4.78 is 5.93. The Bertz CT molecular complexity index is 762. The van der Waals surface area contributed by atoms with Gasteiger partial charge in [0.15, 0.2) is 6.29 Å². The third-order valence-corrected chi connectivity index (χ3v) is 3.54. The molecule has 2 nitrogen and oxygen atoms in total. The molecule has 0 spiro atoms. The van der Waals surface area contributed by atoms with Gasteiger partial charge in [0.25, 0.3) is 0 Å². The molecule has 104 valence electrons. The van der Waals surface area contributed by atoms with Gasteiger partial charge in [0.1, 0.15) is 11.5 Å². The average molecular weight is 276 g/mol. The normalized spacial score (nSPS) is 10.6. The van der Waals surface area contributed by atoms with E-state index in [4.69, 9.17) is 4.42 Å². The lowest BCUT2D eigenvalue weighted by Gasteiger charge is -2.00.